The second kappa shape index (κ2) is 3.78. The number of carbonyl (C=O) groups is 1. The van der Waals surface area contributed by atoms with Gasteiger partial charge in [0.15, 0.2) is 17.8 Å². The average molecular weight is 222 g/mol. The maximum atomic E-state index is 11.3. The lowest BCUT2D eigenvalue weighted by molar-refractivity contribution is -0.142. The van der Waals surface area contributed by atoms with E-state index in [2.05, 4.69) is 14.7 Å². The second-order valence-electron chi connectivity index (χ2n) is 3.13. The van der Waals surface area contributed by atoms with E-state index in [1.54, 1.807) is 0 Å². The molecule has 0 amide bonds. The van der Waals surface area contributed by atoms with Gasteiger partial charge in [-0.05, 0) is 0 Å². The number of oxazole rings is 1. The van der Waals surface area contributed by atoms with Gasteiger partial charge in [-0.25, -0.2) is 9.97 Å². The summed E-state index contributed by atoms with van der Waals surface area (Å²) in [7, 11) is 1.26. The molecule has 0 aliphatic rings. The van der Waals surface area contributed by atoms with Crippen LogP contribution in [-0.4, -0.2) is 23.0 Å². The highest BCUT2D eigenvalue weighted by Gasteiger charge is 2.22. The van der Waals surface area contributed by atoms with Crippen molar-refractivity contribution in [3.8, 4) is 0 Å². The van der Waals surface area contributed by atoms with E-state index in [1.807, 2.05) is 0 Å². The highest BCUT2D eigenvalue weighted by atomic mass is 16.5. The third kappa shape index (κ3) is 1.47. The molecular formula is C9H10N4O3. The molecule has 84 valence electrons. The molecule has 0 fully saturated rings. The lowest BCUT2D eigenvalue weighted by Gasteiger charge is -2.09. The smallest absolute Gasteiger partial charge is 0.327 e. The normalized spacial score (nSPS) is 12.6. The van der Waals surface area contributed by atoms with E-state index in [0.717, 1.165) is 0 Å². The molecule has 1 atom stereocenters. The van der Waals surface area contributed by atoms with Crippen molar-refractivity contribution in [3.05, 3.63) is 18.2 Å². The number of esters is 1. The van der Waals surface area contributed by atoms with Crippen LogP contribution in [0.15, 0.2) is 17.0 Å². The molecule has 2 aromatic heterocycles. The zero-order chi connectivity index (χ0) is 11.7. The fourth-order valence-electron chi connectivity index (χ4n) is 1.37. The van der Waals surface area contributed by atoms with Gasteiger partial charge in [0.05, 0.1) is 7.11 Å². The molecule has 0 aliphatic carbocycles. The van der Waals surface area contributed by atoms with Crippen LogP contribution in [0.2, 0.25) is 0 Å². The maximum absolute atomic E-state index is 11.3. The minimum atomic E-state index is -0.953. The first-order chi connectivity index (χ1) is 7.65. The number of hydrogen-bond acceptors (Lipinski definition) is 7. The number of aromatic nitrogens is 2. The summed E-state index contributed by atoms with van der Waals surface area (Å²) in [6.45, 7) is 0. The van der Waals surface area contributed by atoms with Gasteiger partial charge in [0, 0.05) is 11.8 Å². The van der Waals surface area contributed by atoms with Crippen molar-refractivity contribution >= 4 is 22.9 Å². The Kier molecular flexibility index (Phi) is 2.45. The van der Waals surface area contributed by atoms with Crippen molar-refractivity contribution in [2.45, 2.75) is 6.04 Å². The lowest BCUT2D eigenvalue weighted by atomic mass is 10.1. The monoisotopic (exact) mass is 222 g/mol. The number of hydrogen-bond donors (Lipinski definition) is 2. The maximum Gasteiger partial charge on any atom is 0.327 e. The number of nitrogen functional groups attached to an aromatic ring is 1. The molecule has 0 saturated heterocycles. The van der Waals surface area contributed by atoms with Gasteiger partial charge >= 0.3 is 5.97 Å². The van der Waals surface area contributed by atoms with Crippen LogP contribution < -0.4 is 11.5 Å². The number of carbonyl (C=O) groups excluding carboxylic acids is 1. The third-order valence-corrected chi connectivity index (χ3v) is 2.21. The van der Waals surface area contributed by atoms with E-state index < -0.39 is 12.0 Å². The number of nitrogens with two attached hydrogens (primary N) is 2. The largest absolute Gasteiger partial charge is 0.468 e. The number of anilines is 1. The van der Waals surface area contributed by atoms with Crippen LogP contribution in [0.3, 0.4) is 0 Å². The fraction of sp³-hybridized carbons (Fsp3) is 0.222. The summed E-state index contributed by atoms with van der Waals surface area (Å²) < 4.78 is 9.59. The van der Waals surface area contributed by atoms with E-state index in [9.17, 15) is 4.79 Å². The van der Waals surface area contributed by atoms with Crippen molar-refractivity contribution in [3.63, 3.8) is 0 Å². The number of fused-ring (bicyclic) bond motifs is 1. The van der Waals surface area contributed by atoms with Crippen LogP contribution in [0.4, 0.5) is 5.82 Å². The molecule has 7 heteroatoms. The van der Waals surface area contributed by atoms with Crippen LogP contribution in [0.5, 0.6) is 0 Å². The van der Waals surface area contributed by atoms with Crippen LogP contribution >= 0.6 is 0 Å². The van der Waals surface area contributed by atoms with Gasteiger partial charge in [-0.1, -0.05) is 0 Å². The Hall–Kier alpha value is -2.15. The quantitative estimate of drug-likeness (QED) is 0.685. The Balaban J connectivity index is 2.57. The van der Waals surface area contributed by atoms with Gasteiger partial charge in [0.1, 0.15) is 11.6 Å². The highest BCUT2D eigenvalue weighted by Crippen LogP contribution is 2.25. The molecule has 0 bridgehead atoms. The van der Waals surface area contributed by atoms with Crippen molar-refractivity contribution in [1.29, 1.82) is 0 Å². The van der Waals surface area contributed by atoms with E-state index in [-0.39, 0.29) is 5.82 Å². The molecule has 2 heterocycles. The van der Waals surface area contributed by atoms with Gasteiger partial charge in [-0.2, -0.15) is 0 Å². The van der Waals surface area contributed by atoms with Crippen LogP contribution in [0.1, 0.15) is 11.6 Å². The predicted octanol–water partition coefficient (Wildman–Crippen LogP) is -0.0222. The SMILES string of the molecule is COC(=O)[C@@H](N)c1cnc(N)c2ocnc12. The highest BCUT2D eigenvalue weighted by molar-refractivity contribution is 5.89. The van der Waals surface area contributed by atoms with Crippen LogP contribution in [0.25, 0.3) is 11.1 Å². The molecule has 2 aromatic rings. The number of rotatable bonds is 2. The summed E-state index contributed by atoms with van der Waals surface area (Å²) in [6.07, 6.45) is 2.61. The van der Waals surface area contributed by atoms with Gasteiger partial charge < -0.3 is 20.6 Å². The molecule has 16 heavy (non-hydrogen) atoms. The van der Waals surface area contributed by atoms with Crippen molar-refractivity contribution in [2.75, 3.05) is 12.8 Å². The van der Waals surface area contributed by atoms with Crippen molar-refractivity contribution in [2.24, 2.45) is 5.73 Å². The fourth-order valence-corrected chi connectivity index (χ4v) is 1.37. The molecule has 0 spiro atoms. The summed E-state index contributed by atoms with van der Waals surface area (Å²) >= 11 is 0. The Labute approximate surface area is 90.4 Å². The number of nitrogens with zero attached hydrogens (tertiary/aromatic N) is 2. The van der Waals surface area contributed by atoms with Gasteiger partial charge in [-0.3, -0.25) is 4.79 Å². The molecule has 0 saturated carbocycles. The van der Waals surface area contributed by atoms with Crippen molar-refractivity contribution in [1.82, 2.24) is 9.97 Å². The Morgan fingerprint density at radius 3 is 3.00 bits per heavy atom. The zero-order valence-electron chi connectivity index (χ0n) is 8.51. The Bertz CT molecular complexity index is 537. The number of pyridine rings is 1. The van der Waals surface area contributed by atoms with Crippen LogP contribution in [-0.2, 0) is 9.53 Å². The molecule has 7 nitrogen and oxygen atoms in total. The topological polar surface area (TPSA) is 117 Å². The summed E-state index contributed by atoms with van der Waals surface area (Å²) in [6, 6.07) is -0.953. The Morgan fingerprint density at radius 1 is 1.56 bits per heavy atom. The average Bonchev–Trinajstić information content (AvgIpc) is 2.77. The molecular weight excluding hydrogens is 212 g/mol. The summed E-state index contributed by atoms with van der Waals surface area (Å²) in [4.78, 5) is 19.1. The first-order valence-corrected chi connectivity index (χ1v) is 4.46. The molecule has 4 N–H and O–H groups in total. The minimum Gasteiger partial charge on any atom is -0.468 e. The predicted molar refractivity (Wildman–Crippen MR) is 55.2 cm³/mol. The lowest BCUT2D eigenvalue weighted by Crippen LogP contribution is -2.23. The minimum absolute atomic E-state index is 0.202. The molecule has 0 radical (unpaired) electrons. The summed E-state index contributed by atoms with van der Waals surface area (Å²) in [5.41, 5.74) is 12.4. The van der Waals surface area contributed by atoms with E-state index in [0.29, 0.717) is 16.7 Å². The molecule has 2 rings (SSSR count). The Morgan fingerprint density at radius 2 is 2.31 bits per heavy atom. The standard InChI is InChI=1S/C9H10N4O3/c1-15-9(14)5(10)4-2-12-8(11)7-6(4)13-3-16-7/h2-3,5H,10H2,1H3,(H2,11,12)/t5-/m0/s1. The summed E-state index contributed by atoms with van der Waals surface area (Å²) in [5.74, 6) is -0.371. The molecule has 0 aromatic carbocycles. The summed E-state index contributed by atoms with van der Waals surface area (Å²) in [5, 5.41) is 0. The third-order valence-electron chi connectivity index (χ3n) is 2.21. The molecule has 0 aliphatic heterocycles. The first kappa shape index (κ1) is 10.4. The van der Waals surface area contributed by atoms with E-state index in [1.165, 1.54) is 19.7 Å². The van der Waals surface area contributed by atoms with Gasteiger partial charge in [-0.15, -0.1) is 0 Å². The van der Waals surface area contributed by atoms with E-state index >= 15 is 0 Å². The van der Waals surface area contributed by atoms with Crippen molar-refractivity contribution < 1.29 is 13.9 Å². The second-order valence-corrected chi connectivity index (χ2v) is 3.13. The number of ether oxygens (including phenoxy) is 1. The van der Waals surface area contributed by atoms with Gasteiger partial charge in [0.25, 0.3) is 0 Å². The first-order valence-electron chi connectivity index (χ1n) is 4.46. The van der Waals surface area contributed by atoms with Crippen LogP contribution in [0, 0.1) is 0 Å². The number of methoxy groups -OCH3 is 1. The zero-order valence-corrected chi connectivity index (χ0v) is 8.51. The molecule has 0 unspecified atom stereocenters. The van der Waals surface area contributed by atoms with Gasteiger partial charge in [0.2, 0.25) is 0 Å². The van der Waals surface area contributed by atoms with E-state index in [4.69, 9.17) is 15.9 Å².